The summed E-state index contributed by atoms with van der Waals surface area (Å²) in [6.45, 7) is 8.14. The van der Waals surface area contributed by atoms with Gasteiger partial charge in [0.1, 0.15) is 0 Å². The number of nitrogens with one attached hydrogen (secondary N) is 2. The first-order chi connectivity index (χ1) is 9.74. The lowest BCUT2D eigenvalue weighted by atomic mass is 10.2. The zero-order valence-corrected chi connectivity index (χ0v) is 12.2. The van der Waals surface area contributed by atoms with Gasteiger partial charge in [-0.3, -0.25) is 9.78 Å². The van der Waals surface area contributed by atoms with E-state index < -0.39 is 0 Å². The summed E-state index contributed by atoms with van der Waals surface area (Å²) in [6, 6.07) is 3.90. The third-order valence-electron chi connectivity index (χ3n) is 3.52. The van der Waals surface area contributed by atoms with E-state index in [9.17, 15) is 4.79 Å². The number of aromatic nitrogens is 1. The Balaban J connectivity index is 1.59. The molecule has 0 aliphatic carbocycles. The molecule has 1 aromatic heterocycles. The number of amides is 1. The second kappa shape index (κ2) is 7.97. The van der Waals surface area contributed by atoms with Crippen molar-refractivity contribution in [1.82, 2.24) is 20.5 Å². The number of nitrogens with zero attached hydrogens (tertiary/aromatic N) is 2. The maximum absolute atomic E-state index is 11.8. The number of carbonyl (C=O) groups excluding carboxylic acids is 1. The molecule has 2 heterocycles. The normalized spacial score (nSPS) is 16.1. The summed E-state index contributed by atoms with van der Waals surface area (Å²) in [5.74, 6) is 0.0796. The monoisotopic (exact) mass is 276 g/mol. The van der Waals surface area contributed by atoms with Crippen molar-refractivity contribution in [3.63, 3.8) is 0 Å². The lowest BCUT2D eigenvalue weighted by Crippen LogP contribution is -2.44. The van der Waals surface area contributed by atoms with Crippen LogP contribution in [0.25, 0.3) is 0 Å². The Morgan fingerprint density at radius 3 is 2.90 bits per heavy atom. The Bertz CT molecular complexity index is 412. The summed E-state index contributed by atoms with van der Waals surface area (Å²) in [5, 5.41) is 6.31. The molecule has 0 saturated carbocycles. The summed E-state index contributed by atoms with van der Waals surface area (Å²) >= 11 is 0. The van der Waals surface area contributed by atoms with Gasteiger partial charge in [-0.15, -0.1) is 0 Å². The second-order valence-electron chi connectivity index (χ2n) is 5.28. The van der Waals surface area contributed by atoms with Crippen LogP contribution in [0.1, 0.15) is 17.7 Å². The highest BCUT2D eigenvalue weighted by atomic mass is 16.1. The molecule has 2 rings (SSSR count). The summed E-state index contributed by atoms with van der Waals surface area (Å²) < 4.78 is 0. The summed E-state index contributed by atoms with van der Waals surface area (Å²) in [4.78, 5) is 18.4. The Morgan fingerprint density at radius 1 is 1.40 bits per heavy atom. The van der Waals surface area contributed by atoms with E-state index in [1.165, 1.54) is 0 Å². The fraction of sp³-hybridized carbons (Fsp3) is 0.600. The minimum atomic E-state index is 0.0796. The molecule has 20 heavy (non-hydrogen) atoms. The average molecular weight is 276 g/mol. The third kappa shape index (κ3) is 5.27. The van der Waals surface area contributed by atoms with Crippen LogP contribution in [0.4, 0.5) is 0 Å². The van der Waals surface area contributed by atoms with Gasteiger partial charge in [0, 0.05) is 44.6 Å². The fourth-order valence-electron chi connectivity index (χ4n) is 2.32. The molecule has 2 N–H and O–H groups in total. The fourth-order valence-corrected chi connectivity index (χ4v) is 2.32. The standard InChI is InChI=1S/C15H24N4O/c1-13-3-4-14(12-18-13)11-15(20)17-5-2-8-19-9-6-16-7-10-19/h3-4,12,16H,2,5-11H2,1H3,(H,17,20). The number of piperazine rings is 1. The van der Waals surface area contributed by atoms with Crippen LogP contribution >= 0.6 is 0 Å². The van der Waals surface area contributed by atoms with Crippen LogP contribution in [0, 0.1) is 6.92 Å². The molecular formula is C15H24N4O. The molecule has 5 nitrogen and oxygen atoms in total. The predicted octanol–water partition coefficient (Wildman–Crippen LogP) is 0.344. The van der Waals surface area contributed by atoms with Crippen molar-refractivity contribution in [1.29, 1.82) is 0 Å². The van der Waals surface area contributed by atoms with E-state index in [1.54, 1.807) is 6.20 Å². The molecule has 110 valence electrons. The number of pyridine rings is 1. The molecule has 1 fully saturated rings. The first-order valence-electron chi connectivity index (χ1n) is 7.35. The van der Waals surface area contributed by atoms with Gasteiger partial charge in [-0.05, 0) is 31.5 Å². The predicted molar refractivity (Wildman–Crippen MR) is 79.6 cm³/mol. The first kappa shape index (κ1) is 14.9. The van der Waals surface area contributed by atoms with Gasteiger partial charge in [0.15, 0.2) is 0 Å². The van der Waals surface area contributed by atoms with Crippen LogP contribution in [0.3, 0.4) is 0 Å². The van der Waals surface area contributed by atoms with Crippen LogP contribution in [0.5, 0.6) is 0 Å². The zero-order valence-electron chi connectivity index (χ0n) is 12.2. The number of aryl methyl sites for hydroxylation is 1. The van der Waals surface area contributed by atoms with Crippen molar-refractivity contribution in [3.8, 4) is 0 Å². The van der Waals surface area contributed by atoms with Gasteiger partial charge < -0.3 is 15.5 Å². The van der Waals surface area contributed by atoms with Gasteiger partial charge in [-0.1, -0.05) is 6.07 Å². The van der Waals surface area contributed by atoms with Crippen molar-refractivity contribution >= 4 is 5.91 Å². The van der Waals surface area contributed by atoms with Crippen molar-refractivity contribution in [2.24, 2.45) is 0 Å². The zero-order chi connectivity index (χ0) is 14.2. The Labute approximate surface area is 120 Å². The van der Waals surface area contributed by atoms with Crippen LogP contribution in [-0.2, 0) is 11.2 Å². The van der Waals surface area contributed by atoms with E-state index >= 15 is 0 Å². The minimum absolute atomic E-state index is 0.0796. The molecule has 0 spiro atoms. The SMILES string of the molecule is Cc1ccc(CC(=O)NCCCN2CCNCC2)cn1. The third-order valence-corrected chi connectivity index (χ3v) is 3.52. The molecule has 1 amide bonds. The molecule has 1 saturated heterocycles. The van der Waals surface area contributed by atoms with Crippen molar-refractivity contribution in [2.75, 3.05) is 39.3 Å². The van der Waals surface area contributed by atoms with Crippen LogP contribution in [0.2, 0.25) is 0 Å². The smallest absolute Gasteiger partial charge is 0.224 e. The van der Waals surface area contributed by atoms with Crippen molar-refractivity contribution in [3.05, 3.63) is 29.6 Å². The van der Waals surface area contributed by atoms with Gasteiger partial charge in [-0.2, -0.15) is 0 Å². The van der Waals surface area contributed by atoms with E-state index in [2.05, 4.69) is 20.5 Å². The van der Waals surface area contributed by atoms with E-state index in [0.29, 0.717) is 6.42 Å². The largest absolute Gasteiger partial charge is 0.356 e. The molecule has 0 bridgehead atoms. The van der Waals surface area contributed by atoms with E-state index in [-0.39, 0.29) is 5.91 Å². The highest BCUT2D eigenvalue weighted by Gasteiger charge is 2.09. The summed E-state index contributed by atoms with van der Waals surface area (Å²) in [5.41, 5.74) is 1.94. The summed E-state index contributed by atoms with van der Waals surface area (Å²) in [6.07, 6.45) is 3.20. The molecule has 0 unspecified atom stereocenters. The number of rotatable bonds is 6. The summed E-state index contributed by atoms with van der Waals surface area (Å²) in [7, 11) is 0. The van der Waals surface area contributed by atoms with Crippen LogP contribution in [-0.4, -0.2) is 55.1 Å². The molecule has 1 aliphatic heterocycles. The first-order valence-corrected chi connectivity index (χ1v) is 7.35. The lowest BCUT2D eigenvalue weighted by molar-refractivity contribution is -0.120. The molecule has 0 radical (unpaired) electrons. The molecule has 0 aromatic carbocycles. The van der Waals surface area contributed by atoms with E-state index in [4.69, 9.17) is 0 Å². The molecular weight excluding hydrogens is 252 g/mol. The Kier molecular flexibility index (Phi) is 5.95. The molecule has 0 atom stereocenters. The van der Waals surface area contributed by atoms with E-state index in [1.807, 2.05) is 19.1 Å². The quantitative estimate of drug-likeness (QED) is 0.736. The topological polar surface area (TPSA) is 57.3 Å². The molecule has 1 aliphatic rings. The van der Waals surface area contributed by atoms with Crippen molar-refractivity contribution in [2.45, 2.75) is 19.8 Å². The number of carbonyl (C=O) groups is 1. The minimum Gasteiger partial charge on any atom is -0.356 e. The van der Waals surface area contributed by atoms with Gasteiger partial charge in [0.05, 0.1) is 6.42 Å². The van der Waals surface area contributed by atoms with E-state index in [0.717, 1.165) is 56.9 Å². The number of hydrogen-bond donors (Lipinski definition) is 2. The van der Waals surface area contributed by atoms with Gasteiger partial charge in [0.2, 0.25) is 5.91 Å². The second-order valence-corrected chi connectivity index (χ2v) is 5.28. The Hall–Kier alpha value is -1.46. The lowest BCUT2D eigenvalue weighted by Gasteiger charge is -2.27. The molecule has 5 heteroatoms. The maximum Gasteiger partial charge on any atom is 0.224 e. The van der Waals surface area contributed by atoms with Gasteiger partial charge in [-0.25, -0.2) is 0 Å². The highest BCUT2D eigenvalue weighted by Crippen LogP contribution is 2.00. The van der Waals surface area contributed by atoms with Crippen LogP contribution in [0.15, 0.2) is 18.3 Å². The molecule has 1 aromatic rings. The van der Waals surface area contributed by atoms with Crippen LogP contribution < -0.4 is 10.6 Å². The highest BCUT2D eigenvalue weighted by molar-refractivity contribution is 5.78. The maximum atomic E-state index is 11.8. The Morgan fingerprint density at radius 2 is 2.20 bits per heavy atom. The van der Waals surface area contributed by atoms with Gasteiger partial charge >= 0.3 is 0 Å². The number of hydrogen-bond acceptors (Lipinski definition) is 4. The van der Waals surface area contributed by atoms with Crippen molar-refractivity contribution < 1.29 is 4.79 Å². The van der Waals surface area contributed by atoms with Gasteiger partial charge in [0.25, 0.3) is 0 Å². The average Bonchev–Trinajstić information content (AvgIpc) is 2.47.